The van der Waals surface area contributed by atoms with E-state index < -0.39 is 0 Å². The monoisotopic (exact) mass is 250 g/mol. The van der Waals surface area contributed by atoms with E-state index in [-0.39, 0.29) is 5.91 Å². The van der Waals surface area contributed by atoms with Crippen LogP contribution >= 0.6 is 11.8 Å². The topological polar surface area (TPSA) is 69.9 Å². The summed E-state index contributed by atoms with van der Waals surface area (Å²) in [5, 5.41) is 9.01. The molecule has 0 aliphatic carbocycles. The Labute approximate surface area is 105 Å². The first-order valence-corrected chi connectivity index (χ1v) is 6.14. The van der Waals surface area contributed by atoms with Gasteiger partial charge in [0.05, 0.1) is 18.2 Å². The van der Waals surface area contributed by atoms with Crippen molar-refractivity contribution in [2.45, 2.75) is 18.5 Å². The Hall–Kier alpha value is -1.61. The van der Waals surface area contributed by atoms with E-state index in [1.807, 2.05) is 13.0 Å². The van der Waals surface area contributed by atoms with Crippen molar-refractivity contribution in [3.8, 4) is 6.07 Å². The number of aromatic nitrogens is 2. The van der Waals surface area contributed by atoms with Crippen molar-refractivity contribution in [3.05, 3.63) is 18.0 Å². The van der Waals surface area contributed by atoms with Gasteiger partial charge in [0.2, 0.25) is 5.91 Å². The zero-order valence-electron chi connectivity index (χ0n) is 9.88. The number of nitrogens with zero attached hydrogens (tertiary/aromatic N) is 4. The molecular weight excluding hydrogens is 236 g/mol. The van der Waals surface area contributed by atoms with Crippen LogP contribution in [0.25, 0.3) is 0 Å². The first-order valence-electron chi connectivity index (χ1n) is 5.16. The second-order valence-electron chi connectivity index (χ2n) is 3.56. The van der Waals surface area contributed by atoms with Gasteiger partial charge in [-0.25, -0.2) is 9.97 Å². The molecule has 1 rings (SSSR count). The maximum atomic E-state index is 11.6. The van der Waals surface area contributed by atoms with E-state index in [2.05, 4.69) is 9.97 Å². The zero-order valence-corrected chi connectivity index (χ0v) is 10.7. The Morgan fingerprint density at radius 1 is 1.53 bits per heavy atom. The molecule has 0 aliphatic rings. The number of nitriles is 1. The van der Waals surface area contributed by atoms with Crippen molar-refractivity contribution in [1.29, 1.82) is 5.26 Å². The lowest BCUT2D eigenvalue weighted by atomic mass is 10.4. The Kier molecular flexibility index (Phi) is 5.43. The maximum Gasteiger partial charge on any atom is 0.232 e. The van der Waals surface area contributed by atoms with Crippen LogP contribution in [0.3, 0.4) is 0 Å². The average Bonchev–Trinajstić information content (AvgIpc) is 2.34. The first-order chi connectivity index (χ1) is 8.13. The van der Waals surface area contributed by atoms with Crippen LogP contribution in [0, 0.1) is 18.3 Å². The predicted octanol–water partition coefficient (Wildman–Crippen LogP) is 1.25. The van der Waals surface area contributed by atoms with Crippen LogP contribution < -0.4 is 0 Å². The summed E-state index contributed by atoms with van der Waals surface area (Å²) >= 11 is 1.30. The Morgan fingerprint density at radius 3 is 2.76 bits per heavy atom. The van der Waals surface area contributed by atoms with E-state index in [0.717, 1.165) is 5.56 Å². The highest BCUT2D eigenvalue weighted by Crippen LogP contribution is 2.12. The molecule has 0 N–H and O–H groups in total. The number of carbonyl (C=O) groups is 1. The molecule has 0 radical (unpaired) electrons. The minimum absolute atomic E-state index is 0.0191. The molecule has 0 saturated carbocycles. The van der Waals surface area contributed by atoms with Crippen LogP contribution in [-0.4, -0.2) is 40.1 Å². The summed E-state index contributed by atoms with van der Waals surface area (Å²) in [7, 11) is 1.69. The van der Waals surface area contributed by atoms with Gasteiger partial charge < -0.3 is 4.90 Å². The number of aryl methyl sites for hydroxylation is 1. The third kappa shape index (κ3) is 4.83. The maximum absolute atomic E-state index is 11.6. The van der Waals surface area contributed by atoms with Crippen LogP contribution in [0.1, 0.15) is 12.0 Å². The van der Waals surface area contributed by atoms with Crippen LogP contribution in [0.2, 0.25) is 0 Å². The van der Waals surface area contributed by atoms with Gasteiger partial charge in [-0.15, -0.1) is 0 Å². The third-order valence-corrected chi connectivity index (χ3v) is 2.93. The normalized spacial score (nSPS) is 9.71. The number of rotatable bonds is 5. The van der Waals surface area contributed by atoms with E-state index >= 15 is 0 Å². The summed E-state index contributed by atoms with van der Waals surface area (Å²) in [6.07, 6.45) is 3.80. The van der Waals surface area contributed by atoms with Gasteiger partial charge in [-0.05, 0) is 12.5 Å². The lowest BCUT2D eigenvalue weighted by Crippen LogP contribution is -2.29. The lowest BCUT2D eigenvalue weighted by Gasteiger charge is -2.14. The fourth-order valence-electron chi connectivity index (χ4n) is 1.03. The van der Waals surface area contributed by atoms with Gasteiger partial charge in [-0.1, -0.05) is 11.8 Å². The van der Waals surface area contributed by atoms with Crippen molar-refractivity contribution in [1.82, 2.24) is 14.9 Å². The second-order valence-corrected chi connectivity index (χ2v) is 4.50. The number of hydrogen-bond acceptors (Lipinski definition) is 5. The molecule has 0 atom stereocenters. The van der Waals surface area contributed by atoms with Gasteiger partial charge in [-0.2, -0.15) is 5.26 Å². The van der Waals surface area contributed by atoms with Gasteiger partial charge >= 0.3 is 0 Å². The van der Waals surface area contributed by atoms with Crippen molar-refractivity contribution in [3.63, 3.8) is 0 Å². The highest BCUT2D eigenvalue weighted by molar-refractivity contribution is 7.99. The zero-order chi connectivity index (χ0) is 12.7. The number of hydrogen-bond donors (Lipinski definition) is 0. The van der Waals surface area contributed by atoms with Crippen molar-refractivity contribution in [2.24, 2.45) is 0 Å². The number of thioether (sulfide) groups is 1. The quantitative estimate of drug-likeness (QED) is 0.581. The van der Waals surface area contributed by atoms with Crippen LogP contribution in [-0.2, 0) is 4.79 Å². The summed E-state index contributed by atoms with van der Waals surface area (Å²) in [4.78, 5) is 21.4. The molecule has 1 aromatic heterocycles. The smallest absolute Gasteiger partial charge is 0.232 e. The highest BCUT2D eigenvalue weighted by atomic mass is 32.2. The molecule has 1 heterocycles. The lowest BCUT2D eigenvalue weighted by molar-refractivity contribution is -0.127. The summed E-state index contributed by atoms with van der Waals surface area (Å²) in [5.74, 6) is 0.278. The molecule has 0 aromatic carbocycles. The van der Waals surface area contributed by atoms with Gasteiger partial charge in [0.1, 0.15) is 0 Å². The molecule has 5 nitrogen and oxygen atoms in total. The highest BCUT2D eigenvalue weighted by Gasteiger charge is 2.09. The van der Waals surface area contributed by atoms with Gasteiger partial charge in [0.25, 0.3) is 0 Å². The second kappa shape index (κ2) is 6.86. The van der Waals surface area contributed by atoms with E-state index in [4.69, 9.17) is 5.26 Å². The standard InChI is InChI=1S/C11H14N4OS/c1-9-6-13-11(14-7-9)17-8-10(16)15(2)5-3-4-12/h6-7H,3,5,8H2,1-2H3. The molecule has 6 heteroatoms. The van der Waals surface area contributed by atoms with Crippen LogP contribution in [0.4, 0.5) is 0 Å². The van der Waals surface area contributed by atoms with Crippen molar-refractivity contribution in [2.75, 3.05) is 19.3 Å². The minimum Gasteiger partial charge on any atom is -0.344 e. The van der Waals surface area contributed by atoms with E-state index in [0.29, 0.717) is 23.9 Å². The van der Waals surface area contributed by atoms with Crippen LogP contribution in [0.15, 0.2) is 17.6 Å². The molecule has 1 aromatic rings. The predicted molar refractivity (Wildman–Crippen MR) is 65.4 cm³/mol. The fourth-order valence-corrected chi connectivity index (χ4v) is 1.76. The van der Waals surface area contributed by atoms with E-state index in [9.17, 15) is 4.79 Å². The summed E-state index contributed by atoms with van der Waals surface area (Å²) in [5.41, 5.74) is 0.992. The van der Waals surface area contributed by atoms with E-state index in [1.165, 1.54) is 11.8 Å². The Morgan fingerprint density at radius 2 is 2.18 bits per heavy atom. The number of carbonyl (C=O) groups excluding carboxylic acids is 1. The van der Waals surface area contributed by atoms with Crippen LogP contribution in [0.5, 0.6) is 0 Å². The molecule has 1 amide bonds. The van der Waals surface area contributed by atoms with Gasteiger partial charge in [0.15, 0.2) is 5.16 Å². The molecule has 0 saturated heterocycles. The molecule has 0 unspecified atom stereocenters. The number of amides is 1. The minimum atomic E-state index is -0.0191. The largest absolute Gasteiger partial charge is 0.344 e. The Balaban J connectivity index is 2.37. The van der Waals surface area contributed by atoms with E-state index in [1.54, 1.807) is 24.3 Å². The van der Waals surface area contributed by atoms with Crippen molar-refractivity contribution < 1.29 is 4.79 Å². The SMILES string of the molecule is Cc1cnc(SCC(=O)N(C)CCC#N)nc1. The van der Waals surface area contributed by atoms with Crippen molar-refractivity contribution >= 4 is 17.7 Å². The summed E-state index contributed by atoms with van der Waals surface area (Å²) in [6.45, 7) is 2.37. The fraction of sp³-hybridized carbons (Fsp3) is 0.455. The first kappa shape index (κ1) is 13.5. The molecule has 0 spiro atoms. The van der Waals surface area contributed by atoms with Gasteiger partial charge in [0, 0.05) is 26.0 Å². The molecule has 0 aliphatic heterocycles. The Bertz CT molecular complexity index is 412. The molecule has 0 fully saturated rings. The molecular formula is C11H14N4OS. The summed E-state index contributed by atoms with van der Waals surface area (Å²) in [6, 6.07) is 2.01. The van der Waals surface area contributed by atoms with Gasteiger partial charge in [-0.3, -0.25) is 4.79 Å². The molecule has 90 valence electrons. The third-order valence-electron chi connectivity index (χ3n) is 2.07. The average molecular weight is 250 g/mol. The molecule has 17 heavy (non-hydrogen) atoms. The molecule has 0 bridgehead atoms. The summed E-state index contributed by atoms with van der Waals surface area (Å²) < 4.78 is 0.